The topological polar surface area (TPSA) is 55.1 Å². The van der Waals surface area contributed by atoms with Crippen LogP contribution in [0.25, 0.3) is 11.5 Å². The SMILES string of the molecule is Cc1oc(-c2ccccc2)nc1CC(=O)NC(c1ccc(F)cc1)C(C)(C)C. The summed E-state index contributed by atoms with van der Waals surface area (Å²) in [6, 6.07) is 15.6. The molecule has 0 aliphatic heterocycles. The Morgan fingerprint density at radius 1 is 1.11 bits per heavy atom. The van der Waals surface area contributed by atoms with Crippen molar-refractivity contribution in [2.45, 2.75) is 40.2 Å². The van der Waals surface area contributed by atoms with Crippen LogP contribution < -0.4 is 5.32 Å². The lowest BCUT2D eigenvalue weighted by atomic mass is 9.82. The number of halogens is 1. The van der Waals surface area contributed by atoms with Crippen molar-refractivity contribution in [3.63, 3.8) is 0 Å². The molecule has 1 atom stereocenters. The van der Waals surface area contributed by atoms with Gasteiger partial charge in [0.05, 0.1) is 18.2 Å². The number of oxazole rings is 1. The zero-order valence-electron chi connectivity index (χ0n) is 16.6. The van der Waals surface area contributed by atoms with E-state index in [0.717, 1.165) is 11.1 Å². The van der Waals surface area contributed by atoms with Crippen molar-refractivity contribution in [1.29, 1.82) is 0 Å². The smallest absolute Gasteiger partial charge is 0.226 e. The molecule has 1 aromatic heterocycles. The number of amides is 1. The highest BCUT2D eigenvalue weighted by Gasteiger charge is 2.28. The zero-order valence-corrected chi connectivity index (χ0v) is 16.6. The Bertz CT molecular complexity index is 941. The molecule has 0 aliphatic rings. The van der Waals surface area contributed by atoms with Crippen LogP contribution in [-0.4, -0.2) is 10.9 Å². The van der Waals surface area contributed by atoms with Crippen LogP contribution in [0.3, 0.4) is 0 Å². The summed E-state index contributed by atoms with van der Waals surface area (Å²) in [5, 5.41) is 3.07. The van der Waals surface area contributed by atoms with Gasteiger partial charge in [-0.3, -0.25) is 4.79 Å². The number of rotatable bonds is 5. The van der Waals surface area contributed by atoms with E-state index in [1.807, 2.05) is 58.0 Å². The fraction of sp³-hybridized carbons (Fsp3) is 0.304. The first-order chi connectivity index (χ1) is 13.2. The van der Waals surface area contributed by atoms with E-state index in [0.29, 0.717) is 17.3 Å². The summed E-state index contributed by atoms with van der Waals surface area (Å²) in [6.45, 7) is 7.92. The van der Waals surface area contributed by atoms with E-state index in [2.05, 4.69) is 10.3 Å². The minimum atomic E-state index is -0.297. The molecule has 28 heavy (non-hydrogen) atoms. The van der Waals surface area contributed by atoms with Crippen molar-refractivity contribution in [1.82, 2.24) is 10.3 Å². The van der Waals surface area contributed by atoms with Gasteiger partial charge in [0.15, 0.2) is 0 Å². The standard InChI is InChI=1S/C23H25FN2O2/c1-15-19(25-22(28-15)17-8-6-5-7-9-17)14-20(27)26-21(23(2,3)4)16-10-12-18(24)13-11-16/h5-13,21H,14H2,1-4H3,(H,26,27). The number of aromatic nitrogens is 1. The summed E-state index contributed by atoms with van der Waals surface area (Å²) in [7, 11) is 0. The Hall–Kier alpha value is -2.95. The van der Waals surface area contributed by atoms with Gasteiger partial charge in [-0.15, -0.1) is 0 Å². The number of carbonyl (C=O) groups is 1. The van der Waals surface area contributed by atoms with Crippen LogP contribution in [0.1, 0.15) is 43.8 Å². The monoisotopic (exact) mass is 380 g/mol. The Kier molecular flexibility index (Phi) is 5.63. The van der Waals surface area contributed by atoms with Gasteiger partial charge in [0.1, 0.15) is 11.6 Å². The van der Waals surface area contributed by atoms with E-state index in [9.17, 15) is 9.18 Å². The van der Waals surface area contributed by atoms with Crippen molar-refractivity contribution in [2.24, 2.45) is 5.41 Å². The van der Waals surface area contributed by atoms with Crippen LogP contribution in [0.5, 0.6) is 0 Å². The minimum Gasteiger partial charge on any atom is -0.441 e. The summed E-state index contributed by atoms with van der Waals surface area (Å²) < 4.78 is 19.0. The number of hydrogen-bond acceptors (Lipinski definition) is 3. The molecular weight excluding hydrogens is 355 g/mol. The van der Waals surface area contributed by atoms with Gasteiger partial charge in [-0.25, -0.2) is 9.37 Å². The van der Waals surface area contributed by atoms with Gasteiger partial charge in [-0.2, -0.15) is 0 Å². The second kappa shape index (κ2) is 7.97. The number of benzene rings is 2. The molecule has 5 heteroatoms. The second-order valence-electron chi connectivity index (χ2n) is 7.98. The van der Waals surface area contributed by atoms with E-state index < -0.39 is 0 Å². The molecule has 1 amide bonds. The van der Waals surface area contributed by atoms with Gasteiger partial charge in [0.2, 0.25) is 11.8 Å². The van der Waals surface area contributed by atoms with Gasteiger partial charge in [-0.05, 0) is 42.2 Å². The Balaban J connectivity index is 1.76. The molecule has 0 radical (unpaired) electrons. The largest absolute Gasteiger partial charge is 0.441 e. The summed E-state index contributed by atoms with van der Waals surface area (Å²) >= 11 is 0. The normalized spacial score (nSPS) is 12.6. The summed E-state index contributed by atoms with van der Waals surface area (Å²) in [5.74, 6) is 0.685. The van der Waals surface area contributed by atoms with Crippen LogP contribution >= 0.6 is 0 Å². The van der Waals surface area contributed by atoms with Crippen LogP contribution in [-0.2, 0) is 11.2 Å². The predicted molar refractivity (Wildman–Crippen MR) is 107 cm³/mol. The van der Waals surface area contributed by atoms with E-state index in [1.165, 1.54) is 12.1 Å². The molecule has 2 aromatic carbocycles. The maximum atomic E-state index is 13.3. The lowest BCUT2D eigenvalue weighted by molar-refractivity contribution is -0.122. The van der Waals surface area contributed by atoms with E-state index in [1.54, 1.807) is 12.1 Å². The van der Waals surface area contributed by atoms with Crippen molar-refractivity contribution < 1.29 is 13.6 Å². The molecule has 0 fully saturated rings. The molecule has 3 rings (SSSR count). The Morgan fingerprint density at radius 2 is 1.75 bits per heavy atom. The molecule has 1 N–H and O–H groups in total. The molecule has 3 aromatic rings. The first-order valence-electron chi connectivity index (χ1n) is 9.30. The van der Waals surface area contributed by atoms with E-state index in [-0.39, 0.29) is 29.6 Å². The van der Waals surface area contributed by atoms with E-state index in [4.69, 9.17) is 4.42 Å². The molecule has 1 heterocycles. The van der Waals surface area contributed by atoms with Crippen LogP contribution in [0.4, 0.5) is 4.39 Å². The third-order valence-corrected chi connectivity index (χ3v) is 4.62. The van der Waals surface area contributed by atoms with Crippen molar-refractivity contribution in [2.75, 3.05) is 0 Å². The summed E-state index contributed by atoms with van der Waals surface area (Å²) in [5.41, 5.74) is 2.12. The minimum absolute atomic E-state index is 0.121. The number of hydrogen-bond donors (Lipinski definition) is 1. The maximum absolute atomic E-state index is 13.3. The Labute approximate surface area is 164 Å². The van der Waals surface area contributed by atoms with Crippen molar-refractivity contribution in [3.8, 4) is 11.5 Å². The number of nitrogens with zero attached hydrogens (tertiary/aromatic N) is 1. The lowest BCUT2D eigenvalue weighted by Crippen LogP contribution is -2.37. The quantitative estimate of drug-likeness (QED) is 0.659. The highest BCUT2D eigenvalue weighted by molar-refractivity contribution is 5.79. The average molecular weight is 380 g/mol. The molecule has 1 unspecified atom stereocenters. The maximum Gasteiger partial charge on any atom is 0.226 e. The molecule has 4 nitrogen and oxygen atoms in total. The molecule has 0 spiro atoms. The highest BCUT2D eigenvalue weighted by atomic mass is 19.1. The number of aryl methyl sites for hydroxylation is 1. The number of nitrogens with one attached hydrogen (secondary N) is 1. The fourth-order valence-electron chi connectivity index (χ4n) is 3.12. The first kappa shape index (κ1) is 19.8. The number of carbonyl (C=O) groups excluding carboxylic acids is 1. The van der Waals surface area contributed by atoms with Gasteiger partial charge in [0, 0.05) is 5.56 Å². The molecule has 0 saturated heterocycles. The van der Waals surface area contributed by atoms with Gasteiger partial charge in [0.25, 0.3) is 0 Å². The second-order valence-corrected chi connectivity index (χ2v) is 7.98. The molecular formula is C23H25FN2O2. The predicted octanol–water partition coefficient (Wildman–Crippen LogP) is 5.24. The van der Waals surface area contributed by atoms with Gasteiger partial charge in [-0.1, -0.05) is 51.1 Å². The van der Waals surface area contributed by atoms with Crippen molar-refractivity contribution in [3.05, 3.63) is 77.4 Å². The van der Waals surface area contributed by atoms with Crippen molar-refractivity contribution >= 4 is 5.91 Å². The third kappa shape index (κ3) is 4.66. The Morgan fingerprint density at radius 3 is 2.36 bits per heavy atom. The van der Waals surface area contributed by atoms with Crippen LogP contribution in [0, 0.1) is 18.2 Å². The average Bonchev–Trinajstić information content (AvgIpc) is 3.01. The fourth-order valence-corrected chi connectivity index (χ4v) is 3.12. The van der Waals surface area contributed by atoms with Crippen LogP contribution in [0.2, 0.25) is 0 Å². The molecule has 146 valence electrons. The van der Waals surface area contributed by atoms with Gasteiger partial charge >= 0.3 is 0 Å². The van der Waals surface area contributed by atoms with Crippen LogP contribution in [0.15, 0.2) is 59.0 Å². The zero-order chi connectivity index (χ0) is 20.3. The third-order valence-electron chi connectivity index (χ3n) is 4.62. The highest BCUT2D eigenvalue weighted by Crippen LogP contribution is 2.33. The summed E-state index contributed by atoms with van der Waals surface area (Å²) in [6.07, 6.45) is 0.121. The molecule has 0 bridgehead atoms. The molecule has 0 saturated carbocycles. The lowest BCUT2D eigenvalue weighted by Gasteiger charge is -2.32. The van der Waals surface area contributed by atoms with Gasteiger partial charge < -0.3 is 9.73 Å². The van der Waals surface area contributed by atoms with E-state index >= 15 is 0 Å². The molecule has 0 aliphatic carbocycles. The summed E-state index contributed by atoms with van der Waals surface area (Å²) in [4.78, 5) is 17.2. The first-order valence-corrected chi connectivity index (χ1v) is 9.30.